The van der Waals surface area contributed by atoms with Gasteiger partial charge in [0.2, 0.25) is 0 Å². The van der Waals surface area contributed by atoms with Crippen molar-refractivity contribution in [1.29, 1.82) is 0 Å². The lowest BCUT2D eigenvalue weighted by atomic mass is 10.1. The van der Waals surface area contributed by atoms with Crippen molar-refractivity contribution in [2.24, 2.45) is 0 Å². The number of thiophene rings is 1. The SMILES string of the molecule is O=C(NCCc1ccccc1)C(=O)c1cccs1. The van der Waals surface area contributed by atoms with Gasteiger partial charge in [0.1, 0.15) is 0 Å². The molecular weight excluding hydrogens is 246 g/mol. The van der Waals surface area contributed by atoms with Crippen LogP contribution in [0.1, 0.15) is 15.2 Å². The summed E-state index contributed by atoms with van der Waals surface area (Å²) in [4.78, 5) is 23.7. The highest BCUT2D eigenvalue weighted by atomic mass is 32.1. The molecule has 0 unspecified atom stereocenters. The number of hydrogen-bond donors (Lipinski definition) is 1. The van der Waals surface area contributed by atoms with Gasteiger partial charge in [-0.25, -0.2) is 0 Å². The van der Waals surface area contributed by atoms with Crippen LogP contribution in [0.3, 0.4) is 0 Å². The number of ketones is 1. The van der Waals surface area contributed by atoms with Crippen LogP contribution in [0.15, 0.2) is 47.8 Å². The van der Waals surface area contributed by atoms with Crippen molar-refractivity contribution in [2.45, 2.75) is 6.42 Å². The lowest BCUT2D eigenvalue weighted by Crippen LogP contribution is -2.32. The highest BCUT2D eigenvalue weighted by Crippen LogP contribution is 2.09. The predicted molar refractivity (Wildman–Crippen MR) is 71.8 cm³/mol. The molecule has 2 rings (SSSR count). The van der Waals surface area contributed by atoms with Crippen molar-refractivity contribution in [2.75, 3.05) is 6.54 Å². The van der Waals surface area contributed by atoms with E-state index in [0.29, 0.717) is 11.4 Å². The first-order valence-corrected chi connectivity index (χ1v) is 6.55. The second-order valence-corrected chi connectivity index (χ2v) is 4.75. The maximum absolute atomic E-state index is 11.6. The Hall–Kier alpha value is -1.94. The summed E-state index contributed by atoms with van der Waals surface area (Å²) in [7, 11) is 0. The molecule has 0 atom stereocenters. The average Bonchev–Trinajstić information content (AvgIpc) is 2.93. The summed E-state index contributed by atoms with van der Waals surface area (Å²) in [6.07, 6.45) is 0.726. The Morgan fingerprint density at radius 2 is 1.83 bits per heavy atom. The standard InChI is InChI=1S/C14H13NO2S/c16-13(12-7-4-10-18-12)14(17)15-9-8-11-5-2-1-3-6-11/h1-7,10H,8-9H2,(H,15,17). The number of carbonyl (C=O) groups is 2. The van der Waals surface area contributed by atoms with Gasteiger partial charge in [-0.15, -0.1) is 11.3 Å². The molecule has 0 aliphatic carbocycles. The molecule has 3 nitrogen and oxygen atoms in total. The van der Waals surface area contributed by atoms with Gasteiger partial charge >= 0.3 is 0 Å². The molecule has 2 aromatic rings. The van der Waals surface area contributed by atoms with Gasteiger partial charge in [-0.3, -0.25) is 9.59 Å². The van der Waals surface area contributed by atoms with Crippen molar-refractivity contribution < 1.29 is 9.59 Å². The molecule has 1 aromatic heterocycles. The Morgan fingerprint density at radius 3 is 2.50 bits per heavy atom. The molecule has 0 fully saturated rings. The van der Waals surface area contributed by atoms with Crippen LogP contribution in [0, 0.1) is 0 Å². The van der Waals surface area contributed by atoms with Gasteiger partial charge in [0.25, 0.3) is 11.7 Å². The van der Waals surface area contributed by atoms with Crippen molar-refractivity contribution >= 4 is 23.0 Å². The highest BCUT2D eigenvalue weighted by molar-refractivity contribution is 7.13. The Balaban J connectivity index is 1.81. The zero-order valence-corrected chi connectivity index (χ0v) is 10.6. The molecule has 1 aromatic carbocycles. The molecule has 0 bridgehead atoms. The monoisotopic (exact) mass is 259 g/mol. The first-order valence-electron chi connectivity index (χ1n) is 5.67. The second kappa shape index (κ2) is 6.12. The van der Waals surface area contributed by atoms with Crippen molar-refractivity contribution in [1.82, 2.24) is 5.32 Å². The molecule has 0 saturated carbocycles. The van der Waals surface area contributed by atoms with Crippen LogP contribution >= 0.6 is 11.3 Å². The van der Waals surface area contributed by atoms with Crippen molar-refractivity contribution in [3.8, 4) is 0 Å². The Morgan fingerprint density at radius 1 is 1.06 bits per heavy atom. The maximum atomic E-state index is 11.6. The van der Waals surface area contributed by atoms with E-state index in [4.69, 9.17) is 0 Å². The summed E-state index contributed by atoms with van der Waals surface area (Å²) in [6.45, 7) is 0.472. The fourth-order valence-electron chi connectivity index (χ4n) is 1.56. The van der Waals surface area contributed by atoms with Gasteiger partial charge in [0.15, 0.2) is 0 Å². The topological polar surface area (TPSA) is 46.2 Å². The Bertz CT molecular complexity index is 520. The second-order valence-electron chi connectivity index (χ2n) is 3.80. The van der Waals surface area contributed by atoms with E-state index in [1.54, 1.807) is 17.5 Å². The summed E-state index contributed by atoms with van der Waals surface area (Å²) >= 11 is 1.28. The number of rotatable bonds is 5. The fourth-order valence-corrected chi connectivity index (χ4v) is 2.23. The molecule has 0 aliphatic heterocycles. The summed E-state index contributed by atoms with van der Waals surface area (Å²) in [5, 5.41) is 4.42. The summed E-state index contributed by atoms with van der Waals surface area (Å²) in [5.74, 6) is -0.994. The van der Waals surface area contributed by atoms with Gasteiger partial charge < -0.3 is 5.32 Å². The third-order valence-corrected chi connectivity index (χ3v) is 3.36. The van der Waals surface area contributed by atoms with Crippen LogP contribution in [0.2, 0.25) is 0 Å². The molecule has 18 heavy (non-hydrogen) atoms. The van der Waals surface area contributed by atoms with E-state index in [9.17, 15) is 9.59 Å². The third-order valence-electron chi connectivity index (χ3n) is 2.49. The fraction of sp³-hybridized carbons (Fsp3) is 0.143. The van der Waals surface area contributed by atoms with Crippen LogP contribution in [0.4, 0.5) is 0 Å². The number of carbonyl (C=O) groups excluding carboxylic acids is 2. The van der Waals surface area contributed by atoms with E-state index >= 15 is 0 Å². The van der Waals surface area contributed by atoms with Gasteiger partial charge in [0, 0.05) is 6.54 Å². The molecule has 1 amide bonds. The van der Waals surface area contributed by atoms with E-state index in [2.05, 4.69) is 5.32 Å². The molecule has 1 N–H and O–H groups in total. The zero-order valence-electron chi connectivity index (χ0n) is 9.76. The highest BCUT2D eigenvalue weighted by Gasteiger charge is 2.15. The van der Waals surface area contributed by atoms with E-state index in [1.807, 2.05) is 30.3 Å². The first-order chi connectivity index (χ1) is 8.77. The number of benzene rings is 1. The molecule has 0 radical (unpaired) electrons. The minimum absolute atomic E-state index is 0.460. The number of Topliss-reactive ketones (excluding diaryl/α,β-unsaturated/α-hetero) is 1. The van der Waals surface area contributed by atoms with Crippen LogP contribution in [0.5, 0.6) is 0 Å². The molecule has 0 aliphatic rings. The van der Waals surface area contributed by atoms with E-state index in [1.165, 1.54) is 11.3 Å². The molecule has 92 valence electrons. The van der Waals surface area contributed by atoms with Crippen LogP contribution in [0.25, 0.3) is 0 Å². The third kappa shape index (κ3) is 3.28. The van der Waals surface area contributed by atoms with Gasteiger partial charge in [-0.1, -0.05) is 36.4 Å². The minimum atomic E-state index is -0.534. The van der Waals surface area contributed by atoms with E-state index in [0.717, 1.165) is 12.0 Å². The summed E-state index contributed by atoms with van der Waals surface area (Å²) in [5.41, 5.74) is 1.14. The van der Waals surface area contributed by atoms with Crippen molar-refractivity contribution in [3.63, 3.8) is 0 Å². The van der Waals surface area contributed by atoms with Crippen molar-refractivity contribution in [3.05, 3.63) is 58.3 Å². The quantitative estimate of drug-likeness (QED) is 0.661. The first kappa shape index (κ1) is 12.5. The van der Waals surface area contributed by atoms with Crippen LogP contribution < -0.4 is 5.32 Å². The lowest BCUT2D eigenvalue weighted by Gasteiger charge is -2.03. The molecule has 0 spiro atoms. The normalized spacial score (nSPS) is 10.0. The zero-order chi connectivity index (χ0) is 12.8. The van der Waals surface area contributed by atoms with E-state index < -0.39 is 11.7 Å². The molecular formula is C14H13NO2S. The smallest absolute Gasteiger partial charge is 0.293 e. The molecule has 4 heteroatoms. The van der Waals surface area contributed by atoms with Gasteiger partial charge in [0.05, 0.1) is 4.88 Å². The largest absolute Gasteiger partial charge is 0.349 e. The number of nitrogens with one attached hydrogen (secondary N) is 1. The Labute approximate surface area is 109 Å². The maximum Gasteiger partial charge on any atom is 0.293 e. The number of hydrogen-bond acceptors (Lipinski definition) is 3. The van der Waals surface area contributed by atoms with Crippen LogP contribution in [-0.2, 0) is 11.2 Å². The van der Waals surface area contributed by atoms with E-state index in [-0.39, 0.29) is 0 Å². The average molecular weight is 259 g/mol. The lowest BCUT2D eigenvalue weighted by molar-refractivity contribution is -0.116. The minimum Gasteiger partial charge on any atom is -0.349 e. The number of amides is 1. The summed E-state index contributed by atoms with van der Waals surface area (Å²) < 4.78 is 0. The van der Waals surface area contributed by atoms with Crippen LogP contribution in [-0.4, -0.2) is 18.2 Å². The Kier molecular flexibility index (Phi) is 4.25. The van der Waals surface area contributed by atoms with Gasteiger partial charge in [-0.2, -0.15) is 0 Å². The predicted octanol–water partition coefficient (Wildman–Crippen LogP) is 2.29. The molecule has 0 saturated heterocycles. The molecule has 1 heterocycles. The van der Waals surface area contributed by atoms with Gasteiger partial charge in [-0.05, 0) is 23.4 Å². The summed E-state index contributed by atoms with van der Waals surface area (Å²) in [6, 6.07) is 13.3.